The van der Waals surface area contributed by atoms with Crippen LogP contribution in [0.1, 0.15) is 43.6 Å². The third-order valence-corrected chi connectivity index (χ3v) is 4.06. The topological polar surface area (TPSA) is 20.2 Å². The molecule has 0 aliphatic heterocycles. The maximum absolute atomic E-state index is 14.0. The first-order valence-corrected chi connectivity index (χ1v) is 7.43. The highest BCUT2D eigenvalue weighted by Crippen LogP contribution is 2.32. The predicted molar refractivity (Wildman–Crippen MR) is 83.3 cm³/mol. The molecule has 112 valence electrons. The van der Waals surface area contributed by atoms with E-state index in [1.165, 1.54) is 6.07 Å². The molecule has 4 heteroatoms. The van der Waals surface area contributed by atoms with Crippen LogP contribution in [-0.4, -0.2) is 5.11 Å². The van der Waals surface area contributed by atoms with Crippen molar-refractivity contribution in [2.75, 3.05) is 0 Å². The van der Waals surface area contributed by atoms with Crippen LogP contribution in [0.4, 0.5) is 8.78 Å². The smallest absolute Gasteiger partial charge is 0.146 e. The molecule has 2 aromatic carbocycles. The van der Waals surface area contributed by atoms with Crippen LogP contribution >= 0.6 is 15.9 Å². The molecule has 1 N–H and O–H groups in total. The fourth-order valence-corrected chi connectivity index (χ4v) is 2.47. The lowest BCUT2D eigenvalue weighted by atomic mass is 9.86. The summed E-state index contributed by atoms with van der Waals surface area (Å²) in [5, 5.41) is 10.3. The first kappa shape index (κ1) is 16.1. The van der Waals surface area contributed by atoms with E-state index in [-0.39, 0.29) is 15.5 Å². The van der Waals surface area contributed by atoms with E-state index in [0.717, 1.165) is 11.6 Å². The van der Waals surface area contributed by atoms with Crippen molar-refractivity contribution in [1.29, 1.82) is 0 Å². The van der Waals surface area contributed by atoms with Gasteiger partial charge in [0.15, 0.2) is 0 Å². The van der Waals surface area contributed by atoms with E-state index in [4.69, 9.17) is 0 Å². The van der Waals surface area contributed by atoms with Gasteiger partial charge in [0.1, 0.15) is 17.7 Å². The predicted octanol–water partition coefficient (Wildman–Crippen LogP) is 5.11. The molecule has 0 amide bonds. The molecule has 0 heterocycles. The number of hydrogen-bond donors (Lipinski definition) is 1. The summed E-state index contributed by atoms with van der Waals surface area (Å²) in [4.78, 5) is 0. The SMILES string of the molecule is CC(C)(C)c1ccc(C(O)c2c(F)ccc(Br)c2F)cc1. The van der Waals surface area contributed by atoms with Crippen LogP contribution in [0.3, 0.4) is 0 Å². The maximum atomic E-state index is 14.0. The van der Waals surface area contributed by atoms with Crippen LogP contribution in [-0.2, 0) is 5.41 Å². The van der Waals surface area contributed by atoms with Crippen LogP contribution in [0.25, 0.3) is 0 Å². The first-order chi connectivity index (χ1) is 9.71. The van der Waals surface area contributed by atoms with E-state index in [9.17, 15) is 13.9 Å². The van der Waals surface area contributed by atoms with Crippen LogP contribution in [0.15, 0.2) is 40.9 Å². The van der Waals surface area contributed by atoms with E-state index in [0.29, 0.717) is 5.56 Å². The third kappa shape index (κ3) is 3.33. The van der Waals surface area contributed by atoms with Crippen molar-refractivity contribution < 1.29 is 13.9 Å². The van der Waals surface area contributed by atoms with Crippen molar-refractivity contribution in [2.45, 2.75) is 32.3 Å². The summed E-state index contributed by atoms with van der Waals surface area (Å²) in [6, 6.07) is 9.55. The number of aliphatic hydroxyl groups is 1. The van der Waals surface area contributed by atoms with Gasteiger partial charge >= 0.3 is 0 Å². The summed E-state index contributed by atoms with van der Waals surface area (Å²) in [6.45, 7) is 6.23. The minimum Gasteiger partial charge on any atom is -0.383 e. The molecule has 1 atom stereocenters. The molecule has 0 bridgehead atoms. The van der Waals surface area contributed by atoms with Gasteiger partial charge in [-0.25, -0.2) is 8.78 Å². The molecule has 0 radical (unpaired) electrons. The zero-order valence-corrected chi connectivity index (χ0v) is 13.7. The maximum Gasteiger partial charge on any atom is 0.146 e. The van der Waals surface area contributed by atoms with Gasteiger partial charge in [0, 0.05) is 0 Å². The lowest BCUT2D eigenvalue weighted by molar-refractivity contribution is 0.208. The number of halogens is 3. The van der Waals surface area contributed by atoms with Gasteiger partial charge in [-0.05, 0) is 44.6 Å². The molecule has 0 saturated carbocycles. The van der Waals surface area contributed by atoms with Crippen molar-refractivity contribution >= 4 is 15.9 Å². The summed E-state index contributed by atoms with van der Waals surface area (Å²) in [5.41, 5.74) is 1.19. The third-order valence-electron chi connectivity index (χ3n) is 3.45. The van der Waals surface area contributed by atoms with Crippen molar-refractivity contribution in [3.8, 4) is 0 Å². The van der Waals surface area contributed by atoms with Gasteiger partial charge in [0.25, 0.3) is 0 Å². The average Bonchev–Trinajstić information content (AvgIpc) is 2.42. The van der Waals surface area contributed by atoms with Crippen LogP contribution in [0.2, 0.25) is 0 Å². The summed E-state index contributed by atoms with van der Waals surface area (Å²) in [7, 11) is 0. The highest BCUT2D eigenvalue weighted by molar-refractivity contribution is 9.10. The van der Waals surface area contributed by atoms with Crippen LogP contribution in [0, 0.1) is 11.6 Å². The minimum absolute atomic E-state index is 0.0181. The van der Waals surface area contributed by atoms with E-state index in [1.54, 1.807) is 12.1 Å². The van der Waals surface area contributed by atoms with E-state index < -0.39 is 17.7 Å². The van der Waals surface area contributed by atoms with Gasteiger partial charge < -0.3 is 5.11 Å². The van der Waals surface area contributed by atoms with Crippen LogP contribution < -0.4 is 0 Å². The van der Waals surface area contributed by atoms with E-state index >= 15 is 0 Å². The Kier molecular flexibility index (Phi) is 4.49. The molecule has 1 nitrogen and oxygen atoms in total. The molecule has 0 fully saturated rings. The Bertz CT molecular complexity index is 645. The fraction of sp³-hybridized carbons (Fsp3) is 0.294. The number of rotatable bonds is 2. The summed E-state index contributed by atoms with van der Waals surface area (Å²) < 4.78 is 28.0. The lowest BCUT2D eigenvalue weighted by Crippen LogP contribution is -2.12. The van der Waals surface area contributed by atoms with Crippen molar-refractivity contribution in [1.82, 2.24) is 0 Å². The zero-order chi connectivity index (χ0) is 15.8. The summed E-state index contributed by atoms with van der Waals surface area (Å²) >= 11 is 3.01. The highest BCUT2D eigenvalue weighted by atomic mass is 79.9. The standard InChI is InChI=1S/C17H17BrF2O/c1-17(2,3)11-6-4-10(5-7-11)16(21)14-13(19)9-8-12(18)15(14)20/h4-9,16,21H,1-3H3. The number of hydrogen-bond acceptors (Lipinski definition) is 1. The highest BCUT2D eigenvalue weighted by Gasteiger charge is 2.22. The molecule has 0 spiro atoms. The minimum atomic E-state index is -1.34. The molecule has 0 aliphatic carbocycles. The van der Waals surface area contributed by atoms with Crippen molar-refractivity contribution in [3.05, 3.63) is 69.2 Å². The van der Waals surface area contributed by atoms with Gasteiger partial charge in [-0.3, -0.25) is 0 Å². The number of aliphatic hydroxyl groups excluding tert-OH is 1. The fourth-order valence-electron chi connectivity index (χ4n) is 2.13. The molecule has 0 aromatic heterocycles. The van der Waals surface area contributed by atoms with E-state index in [2.05, 4.69) is 36.7 Å². The second-order valence-corrected chi connectivity index (χ2v) is 6.89. The van der Waals surface area contributed by atoms with Gasteiger partial charge in [-0.2, -0.15) is 0 Å². The van der Waals surface area contributed by atoms with Crippen LogP contribution in [0.5, 0.6) is 0 Å². The molecular formula is C17H17BrF2O. The largest absolute Gasteiger partial charge is 0.383 e. The Labute approximate surface area is 131 Å². The Morgan fingerprint density at radius 2 is 1.57 bits per heavy atom. The lowest BCUT2D eigenvalue weighted by Gasteiger charge is -2.20. The summed E-state index contributed by atoms with van der Waals surface area (Å²) in [5.74, 6) is -1.54. The zero-order valence-electron chi connectivity index (χ0n) is 12.1. The average molecular weight is 355 g/mol. The van der Waals surface area contributed by atoms with Crippen molar-refractivity contribution in [2.24, 2.45) is 0 Å². The molecule has 0 saturated heterocycles. The van der Waals surface area contributed by atoms with Gasteiger partial charge in [0.05, 0.1) is 10.0 Å². The number of benzene rings is 2. The van der Waals surface area contributed by atoms with Gasteiger partial charge in [-0.1, -0.05) is 45.0 Å². The molecule has 1 unspecified atom stereocenters. The summed E-state index contributed by atoms with van der Waals surface area (Å²) in [6.07, 6.45) is -1.34. The molecule has 2 rings (SSSR count). The molecule has 21 heavy (non-hydrogen) atoms. The van der Waals surface area contributed by atoms with Gasteiger partial charge in [0.2, 0.25) is 0 Å². The Morgan fingerprint density at radius 1 is 1.00 bits per heavy atom. The Hall–Kier alpha value is -1.26. The quantitative estimate of drug-likeness (QED) is 0.743. The molecular weight excluding hydrogens is 338 g/mol. The normalized spacial score (nSPS) is 13.3. The Morgan fingerprint density at radius 3 is 2.10 bits per heavy atom. The Balaban J connectivity index is 2.41. The van der Waals surface area contributed by atoms with E-state index in [1.807, 2.05) is 12.1 Å². The first-order valence-electron chi connectivity index (χ1n) is 6.63. The second-order valence-electron chi connectivity index (χ2n) is 6.03. The van der Waals surface area contributed by atoms with Crippen molar-refractivity contribution in [3.63, 3.8) is 0 Å². The monoisotopic (exact) mass is 354 g/mol. The van der Waals surface area contributed by atoms with Gasteiger partial charge in [-0.15, -0.1) is 0 Å². The molecule has 2 aromatic rings. The molecule has 0 aliphatic rings. The second kappa shape index (κ2) is 5.85.